The van der Waals surface area contributed by atoms with E-state index in [9.17, 15) is 10.1 Å². The first-order valence-electron chi connectivity index (χ1n) is 3.34. The molecule has 1 aromatic carbocycles. The van der Waals surface area contributed by atoms with Crippen LogP contribution in [0.4, 0.5) is 0 Å². The van der Waals surface area contributed by atoms with Crippen LogP contribution in [0.5, 0.6) is 0 Å². The van der Waals surface area contributed by atoms with Gasteiger partial charge in [-0.1, -0.05) is 0 Å². The van der Waals surface area contributed by atoms with Crippen LogP contribution >= 0.6 is 22.6 Å². The van der Waals surface area contributed by atoms with Crippen LogP contribution in [0.2, 0.25) is 0 Å². The van der Waals surface area contributed by atoms with Gasteiger partial charge in [-0.05, 0) is 45.9 Å². The summed E-state index contributed by atoms with van der Waals surface area (Å²) in [5.74, 6) is 0. The van der Waals surface area contributed by atoms with Gasteiger partial charge in [-0.3, -0.25) is 0 Å². The second kappa shape index (κ2) is 2.91. The number of aromatic nitrogens is 3. The van der Waals surface area contributed by atoms with E-state index in [2.05, 4.69) is 32.9 Å². The van der Waals surface area contributed by atoms with Crippen molar-refractivity contribution in [1.29, 1.82) is 0 Å². The molecule has 2 rings (SSSR count). The largest absolute Gasteiger partial charge is 0.339 e. The molecule has 6 nitrogen and oxygen atoms in total. The molecule has 0 spiro atoms. The van der Waals surface area contributed by atoms with Crippen molar-refractivity contribution in [3.8, 4) is 0 Å². The molecule has 0 atom stereocenters. The summed E-state index contributed by atoms with van der Waals surface area (Å²) in [7, 11) is 0. The van der Waals surface area contributed by atoms with Gasteiger partial charge in [0.15, 0.2) is 10.7 Å². The molecule has 0 bridgehead atoms. The summed E-state index contributed by atoms with van der Waals surface area (Å²) in [6, 6.07) is 5.13. The summed E-state index contributed by atoms with van der Waals surface area (Å²) < 4.78 is 0.973. The standard InChI is InChI=1S/C6H3IN4O2/c7-4-1-2-6-5(3-4)8-9-10(6)11(12)13/h1-3H. The summed E-state index contributed by atoms with van der Waals surface area (Å²) in [5.41, 5.74) is 0.939. The Hall–Kier alpha value is -1.25. The van der Waals surface area contributed by atoms with Gasteiger partial charge in [0.05, 0.1) is 9.82 Å². The number of nitrogens with zero attached hydrogens (tertiary/aromatic N) is 4. The molecule has 0 amide bonds. The first-order valence-corrected chi connectivity index (χ1v) is 4.42. The maximum absolute atomic E-state index is 10.4. The van der Waals surface area contributed by atoms with E-state index in [-0.39, 0.29) is 0 Å². The highest BCUT2D eigenvalue weighted by Crippen LogP contribution is 2.14. The first-order chi connectivity index (χ1) is 6.18. The van der Waals surface area contributed by atoms with E-state index >= 15 is 0 Å². The molecule has 0 saturated heterocycles. The van der Waals surface area contributed by atoms with E-state index in [1.54, 1.807) is 18.2 Å². The Morgan fingerprint density at radius 1 is 1.54 bits per heavy atom. The third kappa shape index (κ3) is 1.34. The lowest BCUT2D eigenvalue weighted by molar-refractivity contribution is -0.549. The Labute approximate surface area is 85.8 Å². The zero-order valence-corrected chi connectivity index (χ0v) is 8.37. The van der Waals surface area contributed by atoms with Gasteiger partial charge in [0.25, 0.3) is 0 Å². The molecule has 13 heavy (non-hydrogen) atoms. The lowest BCUT2D eigenvalue weighted by Gasteiger charge is -1.91. The average molecular weight is 290 g/mol. The van der Waals surface area contributed by atoms with E-state index in [4.69, 9.17) is 0 Å². The molecule has 1 heterocycles. The van der Waals surface area contributed by atoms with Gasteiger partial charge in [-0.15, -0.1) is 0 Å². The zero-order valence-electron chi connectivity index (χ0n) is 6.22. The average Bonchev–Trinajstić information content (AvgIpc) is 2.46. The first kappa shape index (κ1) is 8.35. The fourth-order valence-electron chi connectivity index (χ4n) is 1.01. The Balaban J connectivity index is 2.76. The van der Waals surface area contributed by atoms with Crippen LogP contribution in [0.3, 0.4) is 0 Å². The van der Waals surface area contributed by atoms with Gasteiger partial charge >= 0.3 is 0 Å². The van der Waals surface area contributed by atoms with Gasteiger partial charge in [0.1, 0.15) is 5.52 Å². The SMILES string of the molecule is O=[N+]([O-])n1nnc2cc(I)ccc21. The quantitative estimate of drug-likeness (QED) is 0.447. The van der Waals surface area contributed by atoms with Crippen LogP contribution in [0.15, 0.2) is 18.2 Å². The van der Waals surface area contributed by atoms with Crippen molar-refractivity contribution >= 4 is 33.6 Å². The maximum atomic E-state index is 10.4. The lowest BCUT2D eigenvalue weighted by Crippen LogP contribution is -2.09. The van der Waals surface area contributed by atoms with E-state index in [0.717, 1.165) is 3.57 Å². The van der Waals surface area contributed by atoms with Crippen molar-refractivity contribution in [2.75, 3.05) is 0 Å². The van der Waals surface area contributed by atoms with E-state index in [1.807, 2.05) is 0 Å². The summed E-state index contributed by atoms with van der Waals surface area (Å²) in [5, 5.41) is 16.9. The van der Waals surface area contributed by atoms with E-state index in [0.29, 0.717) is 15.8 Å². The normalized spacial score (nSPS) is 10.5. The molecule has 0 radical (unpaired) electrons. The van der Waals surface area contributed by atoms with Gasteiger partial charge in [-0.2, -0.15) is 0 Å². The van der Waals surface area contributed by atoms with Crippen molar-refractivity contribution in [3.05, 3.63) is 31.9 Å². The number of hydrogen-bond donors (Lipinski definition) is 0. The van der Waals surface area contributed by atoms with Crippen LogP contribution < -0.4 is 0 Å². The van der Waals surface area contributed by atoms with E-state index < -0.39 is 5.03 Å². The minimum absolute atomic E-state index is 0.408. The number of rotatable bonds is 1. The number of benzene rings is 1. The highest BCUT2D eigenvalue weighted by Gasteiger charge is 2.12. The van der Waals surface area contributed by atoms with Crippen molar-refractivity contribution in [1.82, 2.24) is 15.1 Å². The number of hydrogen-bond acceptors (Lipinski definition) is 4. The van der Waals surface area contributed by atoms with Crippen molar-refractivity contribution in [2.24, 2.45) is 0 Å². The highest BCUT2D eigenvalue weighted by atomic mass is 127. The van der Waals surface area contributed by atoms with Crippen LogP contribution in [0.25, 0.3) is 11.0 Å². The Morgan fingerprint density at radius 2 is 2.31 bits per heavy atom. The molecule has 7 heteroatoms. The molecule has 66 valence electrons. The van der Waals surface area contributed by atoms with Crippen LogP contribution in [-0.2, 0) is 0 Å². The number of nitro groups is 1. The maximum Gasteiger partial charge on any atom is 0.183 e. The van der Waals surface area contributed by atoms with E-state index in [1.165, 1.54) is 0 Å². The Kier molecular flexibility index (Phi) is 1.87. The minimum atomic E-state index is -0.609. The third-order valence-corrected chi connectivity index (χ3v) is 2.22. The minimum Gasteiger partial charge on any atom is -0.339 e. The van der Waals surface area contributed by atoms with Crippen molar-refractivity contribution < 1.29 is 5.03 Å². The fourth-order valence-corrected chi connectivity index (χ4v) is 1.48. The number of fused-ring (bicyclic) bond motifs is 1. The molecule has 2 aromatic rings. The van der Waals surface area contributed by atoms with Gasteiger partial charge in [-0.25, -0.2) is 0 Å². The topological polar surface area (TPSA) is 73.8 Å². The number of halogens is 1. The molecule has 0 saturated carbocycles. The summed E-state index contributed by atoms with van der Waals surface area (Å²) in [6.07, 6.45) is 0. The lowest BCUT2D eigenvalue weighted by atomic mass is 10.3. The molecule has 1 aromatic heterocycles. The second-order valence-electron chi connectivity index (χ2n) is 2.35. The zero-order chi connectivity index (χ0) is 9.42. The third-order valence-electron chi connectivity index (χ3n) is 1.54. The predicted octanol–water partition coefficient (Wildman–Crippen LogP) is 1.08. The molecule has 0 aliphatic rings. The fraction of sp³-hybridized carbons (Fsp3) is 0. The molecule has 0 aliphatic carbocycles. The van der Waals surface area contributed by atoms with Crippen molar-refractivity contribution in [2.45, 2.75) is 0 Å². The van der Waals surface area contributed by atoms with Gasteiger partial charge < -0.3 is 10.1 Å². The molecule has 0 fully saturated rings. The Bertz CT molecular complexity index is 480. The van der Waals surface area contributed by atoms with Crippen LogP contribution in [0.1, 0.15) is 0 Å². The van der Waals surface area contributed by atoms with Gasteiger partial charge in [0, 0.05) is 3.57 Å². The molecule has 0 N–H and O–H groups in total. The summed E-state index contributed by atoms with van der Waals surface area (Å²) in [6.45, 7) is 0. The highest BCUT2D eigenvalue weighted by molar-refractivity contribution is 14.1. The summed E-state index contributed by atoms with van der Waals surface area (Å²) >= 11 is 2.11. The van der Waals surface area contributed by atoms with Crippen LogP contribution in [0, 0.1) is 13.7 Å². The smallest absolute Gasteiger partial charge is 0.183 e. The molecule has 0 unspecified atom stereocenters. The Morgan fingerprint density at radius 3 is 3.00 bits per heavy atom. The molecular formula is C6H3IN4O2. The molecule has 0 aliphatic heterocycles. The molecular weight excluding hydrogens is 287 g/mol. The monoisotopic (exact) mass is 290 g/mol. The van der Waals surface area contributed by atoms with Gasteiger partial charge in [0.2, 0.25) is 0 Å². The predicted molar refractivity (Wildman–Crippen MR) is 52.6 cm³/mol. The second-order valence-corrected chi connectivity index (χ2v) is 3.60. The van der Waals surface area contributed by atoms with Crippen molar-refractivity contribution in [3.63, 3.8) is 0 Å². The van der Waals surface area contributed by atoms with Crippen LogP contribution in [-0.4, -0.2) is 20.1 Å². The summed E-state index contributed by atoms with van der Waals surface area (Å²) in [4.78, 5) is 11.1.